The summed E-state index contributed by atoms with van der Waals surface area (Å²) in [7, 11) is -8.23. The number of nitrogens with zero attached hydrogens (tertiary/aromatic N) is 1. The number of ether oxygens (including phenoxy) is 2. The highest BCUT2D eigenvalue weighted by molar-refractivity contribution is 6.86. The topological polar surface area (TPSA) is 118 Å². The van der Waals surface area contributed by atoms with E-state index in [4.69, 9.17) is 22.1 Å². The highest BCUT2D eigenvalue weighted by atomic mass is 28.5. The van der Waals surface area contributed by atoms with E-state index in [0.29, 0.717) is 0 Å². The van der Waals surface area contributed by atoms with Gasteiger partial charge in [-0.25, -0.2) is 4.79 Å². The number of rotatable bonds is 12. The summed E-state index contributed by atoms with van der Waals surface area (Å²) in [5.74, 6) is -0.472. The van der Waals surface area contributed by atoms with Crippen LogP contribution in [0.2, 0.25) is 39.3 Å². The number of carbonyl (C=O) groups is 1. The number of aromatic amines is 1. The fraction of sp³-hybridized carbons (Fsp3) is 0.433. The second kappa shape index (κ2) is 13.4. The van der Waals surface area contributed by atoms with Crippen molar-refractivity contribution < 1.29 is 26.9 Å². The molecule has 1 saturated heterocycles. The van der Waals surface area contributed by atoms with E-state index in [2.05, 4.69) is 68.5 Å². The van der Waals surface area contributed by atoms with E-state index >= 15 is 0 Å². The van der Waals surface area contributed by atoms with Gasteiger partial charge in [0.1, 0.15) is 18.4 Å². The third-order valence-corrected chi connectivity index (χ3v) is 15.7. The normalized spacial score (nSPS) is 19.5. The molecule has 1 fully saturated rings. The van der Waals surface area contributed by atoms with Gasteiger partial charge in [-0.05, 0) is 50.4 Å². The Balaban J connectivity index is 1.79. The first-order chi connectivity index (χ1) is 20.2. The summed E-state index contributed by atoms with van der Waals surface area (Å²) in [5, 5.41) is 0. The molecule has 1 aliphatic heterocycles. The van der Waals surface area contributed by atoms with Crippen LogP contribution in [0, 0.1) is 0 Å². The summed E-state index contributed by atoms with van der Waals surface area (Å²) < 4.78 is 34.4. The van der Waals surface area contributed by atoms with E-state index in [9.17, 15) is 14.4 Å². The van der Waals surface area contributed by atoms with Crippen molar-refractivity contribution in [2.45, 2.75) is 76.6 Å². The van der Waals surface area contributed by atoms with Gasteiger partial charge in [0.15, 0.2) is 16.6 Å². The van der Waals surface area contributed by atoms with Crippen molar-refractivity contribution in [2.24, 2.45) is 0 Å². The van der Waals surface area contributed by atoms with E-state index in [1.54, 1.807) is 0 Å². The van der Waals surface area contributed by atoms with Crippen LogP contribution in [0.25, 0.3) is 0 Å². The monoisotopic (exact) mass is 642 g/mol. The lowest BCUT2D eigenvalue weighted by molar-refractivity contribution is -0.150. The lowest BCUT2D eigenvalue weighted by Gasteiger charge is -2.44. The number of hydrogen-bond donors (Lipinski definition) is 1. The second-order valence-corrected chi connectivity index (χ2v) is 24.8. The molecule has 0 bridgehead atoms. The highest BCUT2D eigenvalue weighted by Gasteiger charge is 2.56. The van der Waals surface area contributed by atoms with E-state index in [-0.39, 0.29) is 18.6 Å². The number of nitrogens with one attached hydrogen (secondary N) is 1. The van der Waals surface area contributed by atoms with Gasteiger partial charge in [0.2, 0.25) is 0 Å². The lowest BCUT2D eigenvalue weighted by Crippen LogP contribution is -2.61. The fourth-order valence-corrected chi connectivity index (χ4v) is 15.8. The summed E-state index contributed by atoms with van der Waals surface area (Å²) in [6.45, 7) is 14.0. The molecule has 0 amide bonds. The van der Waals surface area contributed by atoms with Crippen LogP contribution < -0.4 is 11.2 Å². The van der Waals surface area contributed by atoms with E-state index in [0.717, 1.165) is 11.1 Å². The average molecular weight is 643 g/mol. The quantitative estimate of drug-likeness (QED) is 0.222. The average Bonchev–Trinajstić information content (AvgIpc) is 3.28. The summed E-state index contributed by atoms with van der Waals surface area (Å²) >= 11 is 0. The molecule has 43 heavy (non-hydrogen) atoms. The maximum atomic E-state index is 12.6. The number of H-pyrrole nitrogens is 1. The Hall–Kier alpha value is -2.92. The Kier molecular flexibility index (Phi) is 10.3. The summed E-state index contributed by atoms with van der Waals surface area (Å²) in [6.07, 6.45) is -0.602. The van der Waals surface area contributed by atoms with Crippen LogP contribution in [-0.4, -0.2) is 59.8 Å². The molecular formula is C30H42N2O8Si3. The van der Waals surface area contributed by atoms with Crippen LogP contribution in [0.5, 0.6) is 0 Å². The Morgan fingerprint density at radius 1 is 0.907 bits per heavy atom. The molecule has 3 aromatic rings. The molecule has 4 rings (SSSR count). The number of hydrogen-bond acceptors (Lipinski definition) is 8. The predicted molar refractivity (Wildman–Crippen MR) is 171 cm³/mol. The minimum atomic E-state index is -3.65. The van der Waals surface area contributed by atoms with E-state index in [1.165, 1.54) is 23.8 Å². The molecular weight excluding hydrogens is 601 g/mol. The molecule has 1 aromatic heterocycles. The van der Waals surface area contributed by atoms with Crippen molar-refractivity contribution in [3.8, 4) is 0 Å². The van der Waals surface area contributed by atoms with Gasteiger partial charge in [0, 0.05) is 25.6 Å². The molecule has 232 valence electrons. The largest absolute Gasteiger partial charge is 0.492 e. The van der Waals surface area contributed by atoms with Crippen molar-refractivity contribution >= 4 is 31.4 Å². The summed E-state index contributed by atoms with van der Waals surface area (Å²) in [6, 6.07) is 21.5. The Bertz CT molecular complexity index is 1430. The van der Waals surface area contributed by atoms with Crippen molar-refractivity contribution in [1.82, 2.24) is 9.55 Å². The third-order valence-electron chi connectivity index (χ3n) is 6.62. The molecule has 2 aromatic carbocycles. The zero-order valence-corrected chi connectivity index (χ0v) is 28.9. The molecule has 1 N–H and O–H groups in total. The zero-order chi connectivity index (χ0) is 31.4. The molecule has 13 heteroatoms. The molecule has 3 atom stereocenters. The Morgan fingerprint density at radius 2 is 1.44 bits per heavy atom. The van der Waals surface area contributed by atoms with E-state index < -0.39 is 61.1 Å². The minimum Gasteiger partial charge on any atom is -0.460 e. The van der Waals surface area contributed by atoms with Gasteiger partial charge in [-0.3, -0.25) is 19.1 Å². The summed E-state index contributed by atoms with van der Waals surface area (Å²) in [5.41, 5.74) is 0.574. The third kappa shape index (κ3) is 8.81. The van der Waals surface area contributed by atoms with Crippen LogP contribution in [0.4, 0.5) is 0 Å². The molecule has 0 spiro atoms. The van der Waals surface area contributed by atoms with Crippen LogP contribution in [0.15, 0.2) is 82.5 Å². The highest BCUT2D eigenvalue weighted by Crippen LogP contribution is 2.41. The van der Waals surface area contributed by atoms with Gasteiger partial charge in [-0.15, -0.1) is 0 Å². The van der Waals surface area contributed by atoms with Gasteiger partial charge in [0.05, 0.1) is 12.1 Å². The maximum absolute atomic E-state index is 12.6. The number of esters is 1. The minimum absolute atomic E-state index is 0.00387. The van der Waals surface area contributed by atoms with Crippen molar-refractivity contribution in [2.75, 3.05) is 6.61 Å². The van der Waals surface area contributed by atoms with Crippen molar-refractivity contribution in [3.05, 3.63) is 105 Å². The molecule has 10 nitrogen and oxygen atoms in total. The number of aromatic nitrogens is 2. The Labute approximate surface area is 255 Å². The van der Waals surface area contributed by atoms with Gasteiger partial charge in [-0.1, -0.05) is 60.7 Å². The fourth-order valence-electron chi connectivity index (χ4n) is 5.24. The second-order valence-electron chi connectivity index (χ2n) is 12.6. The van der Waals surface area contributed by atoms with Crippen LogP contribution in [0.3, 0.4) is 0 Å². The number of benzene rings is 2. The molecule has 1 aliphatic rings. The first-order valence-corrected chi connectivity index (χ1v) is 23.1. The molecule has 0 radical (unpaired) electrons. The maximum Gasteiger partial charge on any atom is 0.492 e. The van der Waals surface area contributed by atoms with E-state index in [1.807, 2.05) is 36.4 Å². The molecule has 2 heterocycles. The first-order valence-electron chi connectivity index (χ1n) is 14.4. The predicted octanol–water partition coefficient (Wildman–Crippen LogP) is 4.79. The van der Waals surface area contributed by atoms with Gasteiger partial charge in [0.25, 0.3) is 5.56 Å². The van der Waals surface area contributed by atoms with Crippen molar-refractivity contribution in [1.29, 1.82) is 0 Å². The summed E-state index contributed by atoms with van der Waals surface area (Å²) in [4.78, 5) is 38.6. The molecule has 0 aliphatic carbocycles. The molecule has 0 saturated carbocycles. The smallest absolute Gasteiger partial charge is 0.460 e. The van der Waals surface area contributed by atoms with Crippen LogP contribution in [0.1, 0.15) is 36.2 Å². The standard InChI is InChI=1S/C30H42N2O8Si3/c1-22(33)37-25-20-28(32-19-18-27(34)31-30(32)35)38-26(25)21-36-43(39-41(2,3)4,40-42(5,6)7)29(23-14-10-8-11-15-23)24-16-12-9-13-17-24/h8-19,25-26,28-29H,20-21H2,1-7H3,(H,31,34,35)/t25?,26-,28-/m1/s1. The van der Waals surface area contributed by atoms with Crippen LogP contribution >= 0.6 is 0 Å². The van der Waals surface area contributed by atoms with Gasteiger partial charge in [-0.2, -0.15) is 0 Å². The van der Waals surface area contributed by atoms with Gasteiger partial charge >= 0.3 is 20.5 Å². The lowest BCUT2D eigenvalue weighted by atomic mass is 10.0. The van der Waals surface area contributed by atoms with Crippen LogP contribution in [-0.2, 0) is 26.9 Å². The van der Waals surface area contributed by atoms with Crippen molar-refractivity contribution in [3.63, 3.8) is 0 Å². The van der Waals surface area contributed by atoms with Gasteiger partial charge < -0.3 is 22.1 Å². The SMILES string of the molecule is CC(=O)OC1C[C@H](n2ccc(=O)[nH]c2=O)O[C@@H]1CO[Si](O[Si](C)(C)C)(O[Si](C)(C)C)C(c1ccccc1)c1ccccc1. The Morgan fingerprint density at radius 3 is 1.91 bits per heavy atom. The zero-order valence-electron chi connectivity index (χ0n) is 25.9. The first kappa shape index (κ1) is 33.0. The molecule has 1 unspecified atom stereocenters. The number of carbonyl (C=O) groups excluding carboxylic acids is 1.